The van der Waals surface area contributed by atoms with Crippen LogP contribution in [0.2, 0.25) is 0 Å². The molecule has 0 unspecified atom stereocenters. The Labute approximate surface area is 111 Å². The summed E-state index contributed by atoms with van der Waals surface area (Å²) in [4.78, 5) is 11.5. The van der Waals surface area contributed by atoms with E-state index in [4.69, 9.17) is 0 Å². The molecule has 0 aliphatic rings. The molecule has 1 amide bonds. The van der Waals surface area contributed by atoms with Crippen LogP contribution in [-0.4, -0.2) is 5.91 Å². The Morgan fingerprint density at radius 1 is 0.895 bits per heavy atom. The van der Waals surface area contributed by atoms with Crippen molar-refractivity contribution in [3.63, 3.8) is 0 Å². The molecule has 0 atom stereocenters. The Kier molecular flexibility index (Phi) is 2.76. The van der Waals surface area contributed by atoms with Crippen molar-refractivity contribution in [3.8, 4) is 0 Å². The zero-order chi connectivity index (χ0) is 13.2. The summed E-state index contributed by atoms with van der Waals surface area (Å²) < 4.78 is 0. The minimum Gasteiger partial charge on any atom is -0.322 e. The van der Waals surface area contributed by atoms with Gasteiger partial charge in [-0.05, 0) is 28.3 Å². The van der Waals surface area contributed by atoms with E-state index in [1.165, 1.54) is 16.8 Å². The quantitative estimate of drug-likeness (QED) is 0.535. The van der Waals surface area contributed by atoms with Crippen LogP contribution in [0, 0.1) is 0 Å². The number of nitrogens with one attached hydrogen (secondary N) is 1. The first-order valence-electron chi connectivity index (χ1n) is 6.13. The first kappa shape index (κ1) is 11.5. The third-order valence-corrected chi connectivity index (χ3v) is 3.23. The summed E-state index contributed by atoms with van der Waals surface area (Å²) in [6.45, 7) is 3.47. The molecule has 0 aliphatic heterocycles. The van der Waals surface area contributed by atoms with Crippen LogP contribution < -0.4 is 5.32 Å². The minimum absolute atomic E-state index is 0.194. The van der Waals surface area contributed by atoms with Crippen molar-refractivity contribution in [1.82, 2.24) is 0 Å². The van der Waals surface area contributed by atoms with Gasteiger partial charge in [-0.2, -0.15) is 0 Å². The maximum atomic E-state index is 11.5. The van der Waals surface area contributed by atoms with Gasteiger partial charge in [-0.25, -0.2) is 0 Å². The molecule has 2 heteroatoms. The van der Waals surface area contributed by atoms with Gasteiger partial charge in [0.25, 0.3) is 0 Å². The molecule has 0 aliphatic carbocycles. The van der Waals surface area contributed by atoms with E-state index in [-0.39, 0.29) is 5.91 Å². The van der Waals surface area contributed by atoms with Gasteiger partial charge in [0.1, 0.15) is 0 Å². The summed E-state index contributed by atoms with van der Waals surface area (Å²) in [6.07, 6.45) is 1.28. The van der Waals surface area contributed by atoms with Crippen molar-refractivity contribution in [2.24, 2.45) is 0 Å². The molecule has 0 bridgehead atoms. The molecule has 92 valence electrons. The zero-order valence-corrected chi connectivity index (χ0v) is 10.4. The Bertz CT molecular complexity index is 789. The fourth-order valence-electron chi connectivity index (χ4n) is 2.33. The van der Waals surface area contributed by atoms with Crippen molar-refractivity contribution < 1.29 is 4.79 Å². The van der Waals surface area contributed by atoms with Gasteiger partial charge < -0.3 is 5.32 Å². The van der Waals surface area contributed by atoms with Crippen molar-refractivity contribution in [2.45, 2.75) is 0 Å². The molecule has 0 aromatic heterocycles. The molecule has 0 radical (unpaired) electrons. The molecule has 19 heavy (non-hydrogen) atoms. The van der Waals surface area contributed by atoms with Gasteiger partial charge in [-0.1, -0.05) is 55.1 Å². The van der Waals surface area contributed by atoms with Gasteiger partial charge in [0, 0.05) is 11.1 Å². The fraction of sp³-hybridized carbons (Fsp3) is 0. The van der Waals surface area contributed by atoms with Crippen LogP contribution >= 0.6 is 0 Å². The highest BCUT2D eigenvalue weighted by molar-refractivity contribution is 6.14. The van der Waals surface area contributed by atoms with Gasteiger partial charge in [-0.15, -0.1) is 0 Å². The molecule has 0 fully saturated rings. The van der Waals surface area contributed by atoms with Gasteiger partial charge in [0.05, 0.1) is 0 Å². The van der Waals surface area contributed by atoms with Crippen molar-refractivity contribution in [3.05, 3.63) is 67.3 Å². The van der Waals surface area contributed by atoms with Gasteiger partial charge in [0.15, 0.2) is 0 Å². The fourth-order valence-corrected chi connectivity index (χ4v) is 2.33. The maximum Gasteiger partial charge on any atom is 0.247 e. The summed E-state index contributed by atoms with van der Waals surface area (Å²) >= 11 is 0. The lowest BCUT2D eigenvalue weighted by Gasteiger charge is -2.09. The van der Waals surface area contributed by atoms with E-state index >= 15 is 0 Å². The molecule has 3 aromatic carbocycles. The lowest BCUT2D eigenvalue weighted by atomic mass is 10.0. The average molecular weight is 247 g/mol. The van der Waals surface area contributed by atoms with E-state index in [0.717, 1.165) is 16.5 Å². The predicted molar refractivity (Wildman–Crippen MR) is 80.3 cm³/mol. The second kappa shape index (κ2) is 4.58. The van der Waals surface area contributed by atoms with Crippen molar-refractivity contribution in [2.75, 3.05) is 5.32 Å². The summed E-state index contributed by atoms with van der Waals surface area (Å²) in [7, 11) is 0. The second-order valence-corrected chi connectivity index (χ2v) is 4.38. The van der Waals surface area contributed by atoms with Crippen molar-refractivity contribution in [1.29, 1.82) is 0 Å². The third-order valence-electron chi connectivity index (χ3n) is 3.23. The summed E-state index contributed by atoms with van der Waals surface area (Å²) in [5, 5.41) is 7.41. The lowest BCUT2D eigenvalue weighted by molar-refractivity contribution is -0.111. The highest BCUT2D eigenvalue weighted by atomic mass is 16.1. The van der Waals surface area contributed by atoms with E-state index in [0.29, 0.717) is 0 Å². The number of carbonyl (C=O) groups is 1. The topological polar surface area (TPSA) is 29.1 Å². The standard InChI is InChI=1S/C17H13NO/c1-2-17(19)18-16-9-5-8-14-13-7-4-3-6-12(13)10-11-15(14)16/h2-11H,1H2,(H,18,19). The molecule has 0 saturated carbocycles. The molecule has 2 nitrogen and oxygen atoms in total. The smallest absolute Gasteiger partial charge is 0.247 e. The van der Waals surface area contributed by atoms with Gasteiger partial charge >= 0.3 is 0 Å². The van der Waals surface area contributed by atoms with E-state index in [1.54, 1.807) is 0 Å². The zero-order valence-electron chi connectivity index (χ0n) is 10.4. The number of rotatable bonds is 2. The Morgan fingerprint density at radius 3 is 2.53 bits per heavy atom. The van der Waals surface area contributed by atoms with E-state index in [2.05, 4.69) is 36.2 Å². The van der Waals surface area contributed by atoms with Crippen LogP contribution in [0.1, 0.15) is 0 Å². The number of amides is 1. The van der Waals surface area contributed by atoms with Crippen LogP contribution in [-0.2, 0) is 4.79 Å². The van der Waals surface area contributed by atoms with E-state index in [1.807, 2.05) is 30.3 Å². The SMILES string of the molecule is C=CC(=O)Nc1cccc2c1ccc1ccccc12. The number of benzene rings is 3. The largest absolute Gasteiger partial charge is 0.322 e. The second-order valence-electron chi connectivity index (χ2n) is 4.38. The molecule has 0 spiro atoms. The third kappa shape index (κ3) is 1.97. The maximum absolute atomic E-state index is 11.5. The molecule has 0 heterocycles. The number of hydrogen-bond acceptors (Lipinski definition) is 1. The van der Waals surface area contributed by atoms with Crippen LogP contribution in [0.4, 0.5) is 5.69 Å². The number of fused-ring (bicyclic) bond motifs is 3. The van der Waals surface area contributed by atoms with Gasteiger partial charge in [0.2, 0.25) is 5.91 Å². The van der Waals surface area contributed by atoms with Crippen LogP contribution in [0.25, 0.3) is 21.5 Å². The van der Waals surface area contributed by atoms with E-state index < -0.39 is 0 Å². The summed E-state index contributed by atoms with van der Waals surface area (Å²) in [5.74, 6) is -0.194. The molecule has 1 N–H and O–H groups in total. The first-order valence-corrected chi connectivity index (χ1v) is 6.13. The van der Waals surface area contributed by atoms with Crippen LogP contribution in [0.5, 0.6) is 0 Å². The highest BCUT2D eigenvalue weighted by Gasteiger charge is 2.05. The molecule has 3 aromatic rings. The lowest BCUT2D eigenvalue weighted by Crippen LogP contribution is -2.07. The number of carbonyl (C=O) groups excluding carboxylic acids is 1. The highest BCUT2D eigenvalue weighted by Crippen LogP contribution is 2.30. The normalized spacial score (nSPS) is 10.5. The monoisotopic (exact) mass is 247 g/mol. The predicted octanol–water partition coefficient (Wildman–Crippen LogP) is 4.12. The molecule has 0 saturated heterocycles. The summed E-state index contributed by atoms with van der Waals surface area (Å²) in [6, 6.07) is 18.3. The number of anilines is 1. The Morgan fingerprint density at radius 2 is 1.68 bits per heavy atom. The number of hydrogen-bond donors (Lipinski definition) is 1. The summed E-state index contributed by atoms with van der Waals surface area (Å²) in [5.41, 5.74) is 0.813. The van der Waals surface area contributed by atoms with Crippen molar-refractivity contribution >= 4 is 33.1 Å². The minimum atomic E-state index is -0.194. The van der Waals surface area contributed by atoms with E-state index in [9.17, 15) is 4.79 Å². The van der Waals surface area contributed by atoms with Gasteiger partial charge in [-0.3, -0.25) is 4.79 Å². The Balaban J connectivity index is 2.28. The average Bonchev–Trinajstić information content (AvgIpc) is 2.47. The first-order chi connectivity index (χ1) is 9.29. The van der Waals surface area contributed by atoms with Crippen LogP contribution in [0.3, 0.4) is 0 Å². The van der Waals surface area contributed by atoms with Crippen LogP contribution in [0.15, 0.2) is 67.3 Å². The molecular weight excluding hydrogens is 234 g/mol. The molecular formula is C17H13NO. The molecule has 3 rings (SSSR count). The Hall–Kier alpha value is -2.61.